The van der Waals surface area contributed by atoms with Crippen LogP contribution in [-0.4, -0.2) is 21.3 Å². The molecular weight excluding hydrogens is 298 g/mol. The van der Waals surface area contributed by atoms with Crippen LogP contribution in [0.4, 0.5) is 0 Å². The van der Waals surface area contributed by atoms with E-state index in [9.17, 15) is 0 Å². The van der Waals surface area contributed by atoms with Crippen LogP contribution in [0.25, 0.3) is 10.9 Å². The normalized spacial score (nSPS) is 9.32. The van der Waals surface area contributed by atoms with E-state index in [1.165, 1.54) is 5.39 Å². The van der Waals surface area contributed by atoms with Gasteiger partial charge in [0.05, 0.1) is 11.7 Å². The molecule has 116 valence electrons. The molecule has 0 N–H and O–H groups in total. The molecule has 0 unspecified atom stereocenters. The third kappa shape index (κ3) is 4.90. The molecule has 0 atom stereocenters. The second-order valence-corrected chi connectivity index (χ2v) is 4.28. The van der Waals surface area contributed by atoms with Crippen molar-refractivity contribution < 1.29 is 4.84 Å². The van der Waals surface area contributed by atoms with Gasteiger partial charge in [0.2, 0.25) is 0 Å². The molecule has 0 aliphatic carbocycles. The van der Waals surface area contributed by atoms with Crippen molar-refractivity contribution in [1.82, 2.24) is 14.7 Å². The van der Waals surface area contributed by atoms with Crippen LogP contribution in [0, 0.1) is 0 Å². The number of fused-ring (bicyclic) bond motifs is 1. The molecule has 0 spiro atoms. The van der Waals surface area contributed by atoms with Gasteiger partial charge in [-0.3, -0.25) is 4.98 Å². The van der Waals surface area contributed by atoms with Crippen molar-refractivity contribution in [3.05, 3.63) is 73.5 Å². The van der Waals surface area contributed by atoms with Gasteiger partial charge in [-0.15, -0.1) is 19.0 Å². The Morgan fingerprint density at radius 3 is 2.64 bits per heavy atom. The number of halogens is 1. The number of imidazole rings is 1. The van der Waals surface area contributed by atoms with E-state index in [1.807, 2.05) is 37.4 Å². The van der Waals surface area contributed by atoms with E-state index in [-0.39, 0.29) is 12.4 Å². The van der Waals surface area contributed by atoms with Crippen molar-refractivity contribution in [3.63, 3.8) is 0 Å². The predicted octanol–water partition coefficient (Wildman–Crippen LogP) is 3.72. The minimum absolute atomic E-state index is 0. The fraction of sp³-hybridized carbons (Fsp3) is 0.176. The molecule has 2 aromatic heterocycles. The summed E-state index contributed by atoms with van der Waals surface area (Å²) < 4.78 is 1.67. The Morgan fingerprint density at radius 2 is 1.91 bits per heavy atom. The van der Waals surface area contributed by atoms with E-state index >= 15 is 0 Å². The number of rotatable bonds is 4. The first-order chi connectivity index (χ1) is 10.3. The third-order valence-electron chi connectivity index (χ3n) is 2.79. The van der Waals surface area contributed by atoms with Gasteiger partial charge in [0, 0.05) is 24.2 Å². The van der Waals surface area contributed by atoms with Gasteiger partial charge in [-0.2, -0.15) is 4.73 Å². The first kappa shape index (κ1) is 17.7. The van der Waals surface area contributed by atoms with Gasteiger partial charge in [-0.25, -0.2) is 4.98 Å². The van der Waals surface area contributed by atoms with Crippen LogP contribution in [0.1, 0.15) is 12.7 Å². The summed E-state index contributed by atoms with van der Waals surface area (Å²) in [5, 5.41) is 1.20. The second-order valence-electron chi connectivity index (χ2n) is 4.28. The Bertz CT molecular complexity index is 631. The average Bonchev–Trinajstić information content (AvgIpc) is 2.96. The van der Waals surface area contributed by atoms with Gasteiger partial charge < -0.3 is 4.84 Å². The Kier molecular flexibility index (Phi) is 7.72. The van der Waals surface area contributed by atoms with Gasteiger partial charge in [-0.1, -0.05) is 30.3 Å². The summed E-state index contributed by atoms with van der Waals surface area (Å²) in [5.74, 6) is 0.891. The zero-order valence-electron chi connectivity index (χ0n) is 12.6. The van der Waals surface area contributed by atoms with Gasteiger partial charge in [0.1, 0.15) is 12.4 Å². The highest BCUT2D eigenvalue weighted by Gasteiger charge is 1.98. The molecule has 0 radical (unpaired) electrons. The van der Waals surface area contributed by atoms with Crippen LogP contribution in [0.3, 0.4) is 0 Å². The van der Waals surface area contributed by atoms with E-state index in [4.69, 9.17) is 4.84 Å². The van der Waals surface area contributed by atoms with Crippen LogP contribution in [-0.2, 0) is 6.42 Å². The Morgan fingerprint density at radius 1 is 1.14 bits per heavy atom. The number of aromatic nitrogens is 3. The molecule has 2 heterocycles. The SMILES string of the molecule is C=CCc1nccn1OCC.Cl.c1ccc2ncccc2c1. The molecule has 22 heavy (non-hydrogen) atoms. The summed E-state index contributed by atoms with van der Waals surface area (Å²) in [6, 6.07) is 12.1. The van der Waals surface area contributed by atoms with Gasteiger partial charge in [0.25, 0.3) is 0 Å². The number of para-hydroxylation sites is 1. The van der Waals surface area contributed by atoms with Crippen LogP contribution >= 0.6 is 12.4 Å². The second kappa shape index (κ2) is 9.58. The Balaban J connectivity index is 0.000000211. The molecular formula is C17H20ClN3O. The molecule has 0 saturated carbocycles. The van der Waals surface area contributed by atoms with Gasteiger partial charge in [0.15, 0.2) is 0 Å². The lowest BCUT2D eigenvalue weighted by atomic mass is 10.2. The van der Waals surface area contributed by atoms with Gasteiger partial charge >= 0.3 is 0 Å². The lowest BCUT2D eigenvalue weighted by Gasteiger charge is -2.04. The number of hydrogen-bond donors (Lipinski definition) is 0. The van der Waals surface area contributed by atoms with Crippen LogP contribution in [0.2, 0.25) is 0 Å². The zero-order valence-corrected chi connectivity index (χ0v) is 13.4. The monoisotopic (exact) mass is 317 g/mol. The fourth-order valence-electron chi connectivity index (χ4n) is 1.87. The quantitative estimate of drug-likeness (QED) is 0.689. The molecule has 5 heteroatoms. The Hall–Kier alpha value is -2.33. The molecule has 0 saturated heterocycles. The highest BCUT2D eigenvalue weighted by molar-refractivity contribution is 5.85. The largest absolute Gasteiger partial charge is 0.413 e. The number of nitrogens with zero attached hydrogens (tertiary/aromatic N) is 3. The van der Waals surface area contributed by atoms with Crippen LogP contribution in [0.15, 0.2) is 67.6 Å². The van der Waals surface area contributed by atoms with E-state index in [0.29, 0.717) is 6.61 Å². The first-order valence-corrected chi connectivity index (χ1v) is 6.91. The number of allylic oxidation sites excluding steroid dienone is 1. The lowest BCUT2D eigenvalue weighted by Crippen LogP contribution is -2.12. The Labute approximate surface area is 136 Å². The molecule has 4 nitrogen and oxygen atoms in total. The van der Waals surface area contributed by atoms with Crippen molar-refractivity contribution in [1.29, 1.82) is 0 Å². The molecule has 0 aliphatic rings. The smallest absolute Gasteiger partial charge is 0.148 e. The average molecular weight is 318 g/mol. The maximum atomic E-state index is 5.24. The summed E-state index contributed by atoms with van der Waals surface area (Å²) >= 11 is 0. The standard InChI is InChI=1S/C9H7N.C8H12N2O.ClH/c1-2-6-9-8(4-1)5-3-7-10-9;1-3-5-8-9-6-7-10(8)11-4-2;/h1-7H;3,6-7H,1,4-5H2,2H3;1H. The first-order valence-electron chi connectivity index (χ1n) is 6.91. The fourth-order valence-corrected chi connectivity index (χ4v) is 1.87. The molecule has 0 bridgehead atoms. The highest BCUT2D eigenvalue weighted by atomic mass is 35.5. The number of hydrogen-bond acceptors (Lipinski definition) is 3. The lowest BCUT2D eigenvalue weighted by molar-refractivity contribution is 0.115. The predicted molar refractivity (Wildman–Crippen MR) is 92.2 cm³/mol. The van der Waals surface area contributed by atoms with Gasteiger partial charge in [-0.05, 0) is 19.1 Å². The summed E-state index contributed by atoms with van der Waals surface area (Å²) in [7, 11) is 0. The zero-order chi connectivity index (χ0) is 14.9. The maximum Gasteiger partial charge on any atom is 0.148 e. The van der Waals surface area contributed by atoms with Crippen LogP contribution < -0.4 is 4.84 Å². The molecule has 3 aromatic rings. The van der Waals surface area contributed by atoms with Crippen molar-refractivity contribution in [2.45, 2.75) is 13.3 Å². The minimum atomic E-state index is 0. The highest BCUT2D eigenvalue weighted by Crippen LogP contribution is 2.07. The summed E-state index contributed by atoms with van der Waals surface area (Å²) in [6.45, 7) is 6.22. The van der Waals surface area contributed by atoms with E-state index < -0.39 is 0 Å². The molecule has 0 aliphatic heterocycles. The van der Waals surface area contributed by atoms with Crippen LogP contribution in [0.5, 0.6) is 0 Å². The van der Waals surface area contributed by atoms with E-state index in [2.05, 4.69) is 28.7 Å². The third-order valence-corrected chi connectivity index (χ3v) is 2.79. The molecule has 3 rings (SSSR count). The van der Waals surface area contributed by atoms with Crippen molar-refractivity contribution in [2.24, 2.45) is 0 Å². The molecule has 1 aromatic carbocycles. The summed E-state index contributed by atoms with van der Waals surface area (Å²) in [5.41, 5.74) is 1.06. The van der Waals surface area contributed by atoms with E-state index in [1.54, 1.807) is 23.2 Å². The maximum absolute atomic E-state index is 5.24. The molecule has 0 amide bonds. The van der Waals surface area contributed by atoms with Crippen molar-refractivity contribution >= 4 is 23.3 Å². The van der Waals surface area contributed by atoms with E-state index in [0.717, 1.165) is 17.8 Å². The minimum Gasteiger partial charge on any atom is -0.413 e. The topological polar surface area (TPSA) is 39.9 Å². The summed E-state index contributed by atoms with van der Waals surface area (Å²) in [6.07, 6.45) is 7.87. The van der Waals surface area contributed by atoms with Crippen molar-refractivity contribution in [2.75, 3.05) is 6.61 Å². The number of pyridine rings is 1. The van der Waals surface area contributed by atoms with Crippen molar-refractivity contribution in [3.8, 4) is 0 Å². The molecule has 0 fully saturated rings. The number of benzene rings is 1. The summed E-state index contributed by atoms with van der Waals surface area (Å²) in [4.78, 5) is 13.5.